The molecule has 0 saturated heterocycles. The summed E-state index contributed by atoms with van der Waals surface area (Å²) in [7, 11) is 1.79. The van der Waals surface area contributed by atoms with Crippen LogP contribution < -0.4 is 0 Å². The fourth-order valence-electron chi connectivity index (χ4n) is 4.17. The van der Waals surface area contributed by atoms with Crippen LogP contribution in [0.4, 0.5) is 0 Å². The van der Waals surface area contributed by atoms with Gasteiger partial charge in [-0.05, 0) is 31.2 Å². The molecule has 0 spiro atoms. The Kier molecular flexibility index (Phi) is 3.97. The normalized spacial score (nSPS) is 15.9. The van der Waals surface area contributed by atoms with Crippen LogP contribution in [0.15, 0.2) is 47.3 Å². The predicted octanol–water partition coefficient (Wildman–Crippen LogP) is 1.94. The van der Waals surface area contributed by atoms with Crippen LogP contribution in [0.1, 0.15) is 39.5 Å². The highest BCUT2D eigenvalue weighted by Gasteiger charge is 2.38. The third-order valence-electron chi connectivity index (χ3n) is 5.70. The fourth-order valence-corrected chi connectivity index (χ4v) is 4.17. The molecule has 0 bridgehead atoms. The lowest BCUT2D eigenvalue weighted by Crippen LogP contribution is -2.41. The molecule has 11 nitrogen and oxygen atoms in total. The van der Waals surface area contributed by atoms with Crippen LogP contribution in [0.5, 0.6) is 0 Å². The fraction of sp³-hybridized carbons (Fsp3) is 0.238. The second kappa shape index (κ2) is 6.87. The number of nitrogens with one attached hydrogen (secondary N) is 1. The number of carbonyl (C=O) groups excluding carboxylic acids is 1. The van der Waals surface area contributed by atoms with Crippen LogP contribution in [-0.4, -0.2) is 56.9 Å². The minimum Gasteiger partial charge on any atom is -0.411 e. The average molecular weight is 429 g/mol. The molecule has 1 aliphatic heterocycles. The topological polar surface area (TPSA) is 123 Å². The summed E-state index contributed by atoms with van der Waals surface area (Å²) < 4.78 is 9.18. The molecule has 5 aromatic rings. The van der Waals surface area contributed by atoms with Gasteiger partial charge in [-0.3, -0.25) is 9.48 Å². The minimum atomic E-state index is -0.470. The molecule has 0 saturated carbocycles. The van der Waals surface area contributed by atoms with E-state index in [1.807, 2.05) is 35.7 Å². The van der Waals surface area contributed by atoms with E-state index < -0.39 is 6.04 Å². The van der Waals surface area contributed by atoms with Gasteiger partial charge < -0.3 is 14.3 Å². The first-order chi connectivity index (χ1) is 15.6. The molecule has 11 heteroatoms. The van der Waals surface area contributed by atoms with Crippen molar-refractivity contribution in [3.05, 3.63) is 71.5 Å². The van der Waals surface area contributed by atoms with E-state index in [1.54, 1.807) is 35.2 Å². The highest BCUT2D eigenvalue weighted by atomic mass is 16.4. The van der Waals surface area contributed by atoms with Gasteiger partial charge in [0.15, 0.2) is 0 Å². The second-order valence-corrected chi connectivity index (χ2v) is 7.78. The molecule has 0 aromatic carbocycles. The summed E-state index contributed by atoms with van der Waals surface area (Å²) in [6.45, 7) is 2.46. The van der Waals surface area contributed by atoms with E-state index in [4.69, 9.17) is 9.52 Å². The molecule has 6 heterocycles. The van der Waals surface area contributed by atoms with Crippen molar-refractivity contribution < 1.29 is 9.21 Å². The summed E-state index contributed by atoms with van der Waals surface area (Å²) in [6, 6.07) is 9.22. The summed E-state index contributed by atoms with van der Waals surface area (Å²) in [5.74, 6) is -0.256. The zero-order valence-corrected chi connectivity index (χ0v) is 17.4. The largest absolute Gasteiger partial charge is 0.411 e. The molecule has 1 atom stereocenters. The maximum Gasteiger partial charge on any atom is 0.312 e. The molecule has 1 N–H and O–H groups in total. The Bertz CT molecular complexity index is 1460. The van der Waals surface area contributed by atoms with Crippen LogP contribution in [0.3, 0.4) is 0 Å². The first-order valence-corrected chi connectivity index (χ1v) is 10.2. The van der Waals surface area contributed by atoms with E-state index in [0.717, 1.165) is 28.3 Å². The SMILES string of the molecule is Cc1cccc2cc([C@@H]3c4nc[nH]c4CCN3C(=O)c3nnc(-c4ccn(C)n4)o3)nn12. The summed E-state index contributed by atoms with van der Waals surface area (Å²) >= 11 is 0. The summed E-state index contributed by atoms with van der Waals surface area (Å²) in [4.78, 5) is 22.9. The number of fused-ring (bicyclic) bond motifs is 2. The van der Waals surface area contributed by atoms with Gasteiger partial charge in [0.05, 0.1) is 23.2 Å². The maximum atomic E-state index is 13.5. The van der Waals surface area contributed by atoms with Gasteiger partial charge in [-0.25, -0.2) is 9.50 Å². The maximum absolute atomic E-state index is 13.5. The predicted molar refractivity (Wildman–Crippen MR) is 112 cm³/mol. The lowest BCUT2D eigenvalue weighted by molar-refractivity contribution is 0.0646. The number of hydrogen-bond acceptors (Lipinski definition) is 7. The van der Waals surface area contributed by atoms with Crippen molar-refractivity contribution in [2.75, 3.05) is 6.54 Å². The van der Waals surface area contributed by atoms with E-state index in [9.17, 15) is 4.79 Å². The molecule has 32 heavy (non-hydrogen) atoms. The molecule has 0 radical (unpaired) electrons. The van der Waals surface area contributed by atoms with Gasteiger partial charge >= 0.3 is 11.8 Å². The number of nitrogens with zero attached hydrogens (tertiary/aromatic N) is 8. The van der Waals surface area contributed by atoms with Crippen molar-refractivity contribution in [2.24, 2.45) is 7.05 Å². The molecule has 6 rings (SSSR count). The quantitative estimate of drug-likeness (QED) is 0.465. The van der Waals surface area contributed by atoms with Crippen molar-refractivity contribution in [3.8, 4) is 11.6 Å². The van der Waals surface area contributed by atoms with E-state index in [2.05, 4.69) is 25.3 Å². The summed E-state index contributed by atoms with van der Waals surface area (Å²) in [6.07, 6.45) is 4.07. The number of hydrogen-bond donors (Lipinski definition) is 1. The highest BCUT2D eigenvalue weighted by Crippen LogP contribution is 2.34. The van der Waals surface area contributed by atoms with Gasteiger partial charge in [-0.15, -0.1) is 10.2 Å². The lowest BCUT2D eigenvalue weighted by Gasteiger charge is -2.32. The number of pyridine rings is 1. The van der Waals surface area contributed by atoms with Gasteiger partial charge in [0, 0.05) is 37.6 Å². The first-order valence-electron chi connectivity index (χ1n) is 10.2. The molecule has 160 valence electrons. The van der Waals surface area contributed by atoms with Crippen molar-refractivity contribution in [3.63, 3.8) is 0 Å². The number of H-pyrrole nitrogens is 1. The van der Waals surface area contributed by atoms with Gasteiger partial charge in [0.1, 0.15) is 11.7 Å². The Hall–Kier alpha value is -4.28. The number of imidazole rings is 1. The molecule has 1 aliphatic rings. The number of aromatic nitrogens is 8. The number of aryl methyl sites for hydroxylation is 2. The van der Waals surface area contributed by atoms with Gasteiger partial charge in [0.2, 0.25) is 0 Å². The minimum absolute atomic E-state index is 0.0883. The lowest BCUT2D eigenvalue weighted by atomic mass is 9.99. The highest BCUT2D eigenvalue weighted by molar-refractivity contribution is 5.90. The Balaban J connectivity index is 1.41. The zero-order valence-electron chi connectivity index (χ0n) is 17.4. The van der Waals surface area contributed by atoms with E-state index >= 15 is 0 Å². The van der Waals surface area contributed by atoms with Gasteiger partial charge in [0.25, 0.3) is 5.89 Å². The molecular formula is C21H19N9O2. The van der Waals surface area contributed by atoms with Crippen LogP contribution in [-0.2, 0) is 13.5 Å². The van der Waals surface area contributed by atoms with E-state index in [0.29, 0.717) is 18.7 Å². The first kappa shape index (κ1) is 18.5. The second-order valence-electron chi connectivity index (χ2n) is 7.78. The molecule has 0 unspecified atom stereocenters. The van der Waals surface area contributed by atoms with Crippen molar-refractivity contribution in [2.45, 2.75) is 19.4 Å². The smallest absolute Gasteiger partial charge is 0.312 e. The zero-order chi connectivity index (χ0) is 21.8. The number of carbonyl (C=O) groups is 1. The third kappa shape index (κ3) is 2.82. The average Bonchev–Trinajstić information content (AvgIpc) is 3.57. The van der Waals surface area contributed by atoms with Crippen LogP contribution in [0, 0.1) is 6.92 Å². The summed E-state index contributed by atoms with van der Waals surface area (Å²) in [5, 5.41) is 17.0. The van der Waals surface area contributed by atoms with Gasteiger partial charge in [-0.1, -0.05) is 6.07 Å². The van der Waals surface area contributed by atoms with Crippen LogP contribution in [0.25, 0.3) is 17.1 Å². The molecule has 0 aliphatic carbocycles. The summed E-state index contributed by atoms with van der Waals surface area (Å²) in [5.41, 5.74) is 4.96. The van der Waals surface area contributed by atoms with Crippen LogP contribution in [0.2, 0.25) is 0 Å². The van der Waals surface area contributed by atoms with Crippen molar-refractivity contribution >= 4 is 11.4 Å². The Morgan fingerprint density at radius 1 is 1.22 bits per heavy atom. The Morgan fingerprint density at radius 3 is 2.94 bits per heavy atom. The molecular weight excluding hydrogens is 410 g/mol. The standard InChI is InChI=1S/C21H19N9O2/c1-12-4-3-5-13-10-16(27-30(12)13)18-17-14(22-11-23-17)7-9-29(18)21(31)20-25-24-19(32-20)15-6-8-28(2)26-15/h3-6,8,10-11,18H,7,9H2,1-2H3,(H,22,23)/t18-/m1/s1. The van der Waals surface area contributed by atoms with Crippen molar-refractivity contribution in [1.82, 2.24) is 44.5 Å². The van der Waals surface area contributed by atoms with E-state index in [-0.39, 0.29) is 17.7 Å². The van der Waals surface area contributed by atoms with Crippen molar-refractivity contribution in [1.29, 1.82) is 0 Å². The number of aromatic amines is 1. The molecule has 0 fully saturated rings. The number of rotatable bonds is 3. The van der Waals surface area contributed by atoms with Gasteiger partial charge in [-0.2, -0.15) is 10.2 Å². The molecule has 1 amide bonds. The van der Waals surface area contributed by atoms with Crippen LogP contribution >= 0.6 is 0 Å². The number of amides is 1. The Morgan fingerprint density at radius 2 is 2.12 bits per heavy atom. The molecule has 5 aromatic heterocycles. The van der Waals surface area contributed by atoms with E-state index in [1.165, 1.54) is 0 Å². The monoisotopic (exact) mass is 429 g/mol. The Labute approximate surface area is 181 Å². The third-order valence-corrected chi connectivity index (χ3v) is 5.70.